The van der Waals surface area contributed by atoms with Gasteiger partial charge >= 0.3 is 0 Å². The molecule has 1 atom stereocenters. The summed E-state index contributed by atoms with van der Waals surface area (Å²) in [5.74, 6) is 2.31. The molecule has 0 saturated heterocycles. The molecule has 0 bridgehead atoms. The molecule has 6 heteroatoms. The fraction of sp³-hybridized carbons (Fsp3) is 0.235. The third-order valence-electron chi connectivity index (χ3n) is 3.59. The molecule has 0 aliphatic carbocycles. The number of rotatable bonds is 4. The van der Waals surface area contributed by atoms with E-state index in [2.05, 4.69) is 17.6 Å². The second-order valence-electron chi connectivity index (χ2n) is 5.16. The summed E-state index contributed by atoms with van der Waals surface area (Å²) in [6, 6.07) is 13.6. The van der Waals surface area contributed by atoms with Crippen LogP contribution in [0.15, 0.2) is 42.5 Å². The van der Waals surface area contributed by atoms with Gasteiger partial charge in [0.05, 0.1) is 13.2 Å². The topological polar surface area (TPSA) is 51.8 Å². The second kappa shape index (κ2) is 6.75. The van der Waals surface area contributed by atoms with E-state index in [4.69, 9.17) is 26.4 Å². The van der Waals surface area contributed by atoms with Gasteiger partial charge in [-0.2, -0.15) is 0 Å². The van der Waals surface area contributed by atoms with Crippen LogP contribution in [0.5, 0.6) is 17.2 Å². The Morgan fingerprint density at radius 1 is 1.13 bits per heavy atom. The van der Waals surface area contributed by atoms with Gasteiger partial charge in [-0.05, 0) is 49.0 Å². The molecule has 2 aromatic carbocycles. The predicted molar refractivity (Wildman–Crippen MR) is 93.3 cm³/mol. The summed E-state index contributed by atoms with van der Waals surface area (Å²) in [7, 11) is 1.65. The van der Waals surface area contributed by atoms with E-state index in [1.54, 1.807) is 7.11 Å². The number of ether oxygens (including phenoxy) is 3. The Morgan fingerprint density at radius 3 is 2.61 bits per heavy atom. The average Bonchev–Trinajstić information content (AvgIpc) is 3.02. The lowest BCUT2D eigenvalue weighted by molar-refractivity contribution is 0.174. The van der Waals surface area contributed by atoms with Crippen LogP contribution in [0.4, 0.5) is 5.69 Å². The quantitative estimate of drug-likeness (QED) is 0.837. The third kappa shape index (κ3) is 3.65. The fourth-order valence-corrected chi connectivity index (χ4v) is 2.61. The summed E-state index contributed by atoms with van der Waals surface area (Å²) in [6.45, 7) is 2.31. The van der Waals surface area contributed by atoms with Crippen LogP contribution < -0.4 is 24.8 Å². The van der Waals surface area contributed by atoms with Gasteiger partial charge in [0.15, 0.2) is 16.6 Å². The van der Waals surface area contributed by atoms with Gasteiger partial charge in [0.2, 0.25) is 6.79 Å². The molecule has 2 N–H and O–H groups in total. The van der Waals surface area contributed by atoms with Gasteiger partial charge < -0.3 is 24.8 Å². The first-order valence-corrected chi connectivity index (χ1v) is 7.67. The lowest BCUT2D eigenvalue weighted by Crippen LogP contribution is -2.30. The first-order chi connectivity index (χ1) is 11.2. The van der Waals surface area contributed by atoms with Crippen LogP contribution in [0.2, 0.25) is 0 Å². The molecular weight excluding hydrogens is 312 g/mol. The molecule has 0 amide bonds. The van der Waals surface area contributed by atoms with Gasteiger partial charge in [0.25, 0.3) is 0 Å². The standard InChI is InChI=1S/C17H18N2O3S/c1-11(12-3-6-14(20-2)7-4-12)18-17(23)19-13-5-8-15-16(9-13)22-10-21-15/h3-9,11H,10H2,1-2H3,(H2,18,19,23)/t11-/m1/s1. The van der Waals surface area contributed by atoms with E-state index in [0.717, 1.165) is 28.5 Å². The first kappa shape index (κ1) is 15.4. The zero-order valence-electron chi connectivity index (χ0n) is 13.0. The number of benzene rings is 2. The van der Waals surface area contributed by atoms with Crippen molar-refractivity contribution in [2.24, 2.45) is 0 Å². The van der Waals surface area contributed by atoms with E-state index < -0.39 is 0 Å². The first-order valence-electron chi connectivity index (χ1n) is 7.27. The maximum atomic E-state index is 5.37. The molecule has 1 heterocycles. The lowest BCUT2D eigenvalue weighted by Gasteiger charge is -2.18. The number of thiocarbonyl (C=S) groups is 1. The number of hydrogen-bond acceptors (Lipinski definition) is 4. The summed E-state index contributed by atoms with van der Waals surface area (Å²) in [5, 5.41) is 6.96. The van der Waals surface area contributed by atoms with Crippen LogP contribution in [-0.2, 0) is 0 Å². The van der Waals surface area contributed by atoms with Crippen molar-refractivity contribution in [3.63, 3.8) is 0 Å². The minimum absolute atomic E-state index is 0.0786. The highest BCUT2D eigenvalue weighted by Gasteiger charge is 2.14. The Morgan fingerprint density at radius 2 is 1.87 bits per heavy atom. The van der Waals surface area contributed by atoms with E-state index in [1.807, 2.05) is 42.5 Å². The van der Waals surface area contributed by atoms with Crippen molar-refractivity contribution in [3.05, 3.63) is 48.0 Å². The molecule has 0 unspecified atom stereocenters. The second-order valence-corrected chi connectivity index (χ2v) is 5.57. The van der Waals surface area contributed by atoms with Crippen molar-refractivity contribution < 1.29 is 14.2 Å². The molecule has 0 saturated carbocycles. The molecule has 0 spiro atoms. The van der Waals surface area contributed by atoms with Gasteiger partial charge in [-0.3, -0.25) is 0 Å². The lowest BCUT2D eigenvalue weighted by atomic mass is 10.1. The molecule has 0 fully saturated rings. The van der Waals surface area contributed by atoms with Gasteiger partial charge in [-0.1, -0.05) is 12.1 Å². The van der Waals surface area contributed by atoms with E-state index >= 15 is 0 Å². The Balaban J connectivity index is 1.60. The zero-order valence-corrected chi connectivity index (χ0v) is 13.8. The SMILES string of the molecule is COc1ccc([C@@H](C)NC(=S)Nc2ccc3c(c2)OCO3)cc1. The average molecular weight is 330 g/mol. The van der Waals surface area contributed by atoms with Crippen molar-refractivity contribution in [2.45, 2.75) is 13.0 Å². The highest BCUT2D eigenvalue weighted by molar-refractivity contribution is 7.80. The molecule has 0 aromatic heterocycles. The van der Waals surface area contributed by atoms with Gasteiger partial charge in [0, 0.05) is 11.8 Å². The summed E-state index contributed by atoms with van der Waals surface area (Å²) < 4.78 is 15.8. The van der Waals surface area contributed by atoms with E-state index in [9.17, 15) is 0 Å². The summed E-state index contributed by atoms with van der Waals surface area (Å²) in [5.41, 5.74) is 1.98. The maximum Gasteiger partial charge on any atom is 0.231 e. The van der Waals surface area contributed by atoms with Gasteiger partial charge in [0.1, 0.15) is 5.75 Å². The molecule has 1 aliphatic rings. The normalized spacial score (nSPS) is 13.3. The molecule has 5 nitrogen and oxygen atoms in total. The summed E-state index contributed by atoms with van der Waals surface area (Å²) in [6.07, 6.45) is 0. The Kier molecular flexibility index (Phi) is 4.52. The van der Waals surface area contributed by atoms with Crippen LogP contribution in [-0.4, -0.2) is 19.0 Å². The van der Waals surface area contributed by atoms with Crippen LogP contribution >= 0.6 is 12.2 Å². The number of fused-ring (bicyclic) bond motifs is 1. The van der Waals surface area contributed by atoms with Crippen molar-refractivity contribution in [3.8, 4) is 17.2 Å². The van der Waals surface area contributed by atoms with Crippen molar-refractivity contribution >= 4 is 23.0 Å². The summed E-state index contributed by atoms with van der Waals surface area (Å²) in [4.78, 5) is 0. The smallest absolute Gasteiger partial charge is 0.231 e. The van der Waals surface area contributed by atoms with Crippen molar-refractivity contribution in [1.82, 2.24) is 5.32 Å². The number of anilines is 1. The van der Waals surface area contributed by atoms with E-state index in [0.29, 0.717) is 5.11 Å². The third-order valence-corrected chi connectivity index (χ3v) is 3.81. The van der Waals surface area contributed by atoms with Crippen molar-refractivity contribution in [2.75, 3.05) is 19.2 Å². The molecule has 120 valence electrons. The van der Waals surface area contributed by atoms with Crippen LogP contribution in [0, 0.1) is 0 Å². The molecule has 0 radical (unpaired) electrons. The van der Waals surface area contributed by atoms with E-state index in [-0.39, 0.29) is 12.8 Å². The number of hydrogen-bond donors (Lipinski definition) is 2. The molecular formula is C17H18N2O3S. The molecule has 3 rings (SSSR count). The van der Waals surface area contributed by atoms with E-state index in [1.165, 1.54) is 0 Å². The molecule has 1 aliphatic heterocycles. The number of methoxy groups -OCH3 is 1. The number of nitrogens with one attached hydrogen (secondary N) is 2. The molecule has 23 heavy (non-hydrogen) atoms. The maximum absolute atomic E-state index is 5.37. The highest BCUT2D eigenvalue weighted by atomic mass is 32.1. The van der Waals surface area contributed by atoms with Crippen molar-refractivity contribution in [1.29, 1.82) is 0 Å². The van der Waals surface area contributed by atoms with Crippen LogP contribution in [0.25, 0.3) is 0 Å². The van der Waals surface area contributed by atoms with Crippen LogP contribution in [0.3, 0.4) is 0 Å². The van der Waals surface area contributed by atoms with Gasteiger partial charge in [-0.15, -0.1) is 0 Å². The Labute approximate surface area is 140 Å². The largest absolute Gasteiger partial charge is 0.497 e. The fourth-order valence-electron chi connectivity index (χ4n) is 2.31. The monoisotopic (exact) mass is 330 g/mol. The summed E-state index contributed by atoms with van der Waals surface area (Å²) >= 11 is 5.37. The molecule has 2 aromatic rings. The Hall–Kier alpha value is -2.47. The highest BCUT2D eigenvalue weighted by Crippen LogP contribution is 2.34. The van der Waals surface area contributed by atoms with Crippen LogP contribution in [0.1, 0.15) is 18.5 Å². The minimum atomic E-state index is 0.0786. The predicted octanol–water partition coefficient (Wildman–Crippen LogP) is 3.47. The van der Waals surface area contributed by atoms with Gasteiger partial charge in [-0.25, -0.2) is 0 Å². The minimum Gasteiger partial charge on any atom is -0.497 e. The zero-order chi connectivity index (χ0) is 16.2. The Bertz CT molecular complexity index is 703.